The molecule has 0 aromatic heterocycles. The second kappa shape index (κ2) is 11.8. The second-order valence-corrected chi connectivity index (χ2v) is 9.30. The van der Waals surface area contributed by atoms with E-state index in [1.165, 1.54) is 24.0 Å². The molecule has 1 heterocycles. The minimum atomic E-state index is -0.257. The maximum Gasteiger partial charge on any atom is 0.228 e. The van der Waals surface area contributed by atoms with Crippen molar-refractivity contribution in [1.82, 2.24) is 15.5 Å². The van der Waals surface area contributed by atoms with Crippen molar-refractivity contribution < 1.29 is 4.79 Å². The average molecular weight is 433 g/mol. The van der Waals surface area contributed by atoms with Gasteiger partial charge in [0.05, 0.1) is 12.0 Å². The molecule has 2 N–H and O–H groups in total. The smallest absolute Gasteiger partial charge is 0.228 e. The lowest BCUT2D eigenvalue weighted by Gasteiger charge is -2.29. The molecule has 1 saturated heterocycles. The molecule has 32 heavy (non-hydrogen) atoms. The quantitative estimate of drug-likeness (QED) is 0.580. The Bertz CT molecular complexity index is 925. The van der Waals surface area contributed by atoms with Crippen molar-refractivity contribution in [2.75, 3.05) is 26.7 Å². The van der Waals surface area contributed by atoms with Crippen LogP contribution in [0.3, 0.4) is 0 Å². The monoisotopic (exact) mass is 432 g/mol. The van der Waals surface area contributed by atoms with E-state index in [1.807, 2.05) is 18.2 Å². The number of carbonyl (C=O) groups excluding carboxylic acids is 1. The van der Waals surface area contributed by atoms with Gasteiger partial charge in [0.2, 0.25) is 5.91 Å². The summed E-state index contributed by atoms with van der Waals surface area (Å²) in [5.74, 6) is 0.0463. The highest BCUT2D eigenvalue weighted by molar-refractivity contribution is 5.84. The summed E-state index contributed by atoms with van der Waals surface area (Å²) in [6, 6.07) is 19.4. The zero-order valence-corrected chi connectivity index (χ0v) is 19.6. The largest absolute Gasteiger partial charge is 0.342 e. The molecule has 5 nitrogen and oxygen atoms in total. The fourth-order valence-electron chi connectivity index (χ4n) is 4.46. The van der Waals surface area contributed by atoms with E-state index < -0.39 is 0 Å². The standard InChI is InChI=1S/C27H36N4O/c1-20(2)17-26(27(32)29-14-13-28)22-9-6-8-21(18-22)25-10-5-4-7-23(25)19-30-24-11-15-31(3)16-12-24/h4-10,18,20,24,26,30H,11-12,14-17,19H2,1-3H3,(H,29,32)/t26-/m1/s1. The van der Waals surface area contributed by atoms with Crippen LogP contribution in [-0.2, 0) is 11.3 Å². The summed E-state index contributed by atoms with van der Waals surface area (Å²) in [6.07, 6.45) is 3.12. The number of likely N-dealkylation sites (tertiary alicyclic amines) is 1. The van der Waals surface area contributed by atoms with Crippen molar-refractivity contribution in [2.45, 2.75) is 51.6 Å². The lowest BCUT2D eigenvalue weighted by molar-refractivity contribution is -0.122. The molecular formula is C27H36N4O. The normalized spacial score (nSPS) is 16.0. The number of carbonyl (C=O) groups is 1. The number of benzene rings is 2. The van der Waals surface area contributed by atoms with Gasteiger partial charge in [-0.15, -0.1) is 0 Å². The average Bonchev–Trinajstić information content (AvgIpc) is 2.81. The molecule has 2 aromatic carbocycles. The molecule has 1 amide bonds. The van der Waals surface area contributed by atoms with Crippen LogP contribution in [0.5, 0.6) is 0 Å². The van der Waals surface area contributed by atoms with Crippen LogP contribution in [0.4, 0.5) is 0 Å². The number of nitrogens with zero attached hydrogens (tertiary/aromatic N) is 2. The molecule has 1 fully saturated rings. The topological polar surface area (TPSA) is 68.2 Å². The van der Waals surface area contributed by atoms with Crippen LogP contribution in [0, 0.1) is 17.2 Å². The Morgan fingerprint density at radius 1 is 1.16 bits per heavy atom. The highest BCUT2D eigenvalue weighted by atomic mass is 16.1. The SMILES string of the molecule is CC(C)C[C@@H](C(=O)NCC#N)c1cccc(-c2ccccc2CNC2CCN(C)CC2)c1. The van der Waals surface area contributed by atoms with Gasteiger partial charge in [-0.3, -0.25) is 4.79 Å². The first-order valence-corrected chi connectivity index (χ1v) is 11.7. The van der Waals surface area contributed by atoms with Crippen LogP contribution in [0.25, 0.3) is 11.1 Å². The van der Waals surface area contributed by atoms with Gasteiger partial charge in [-0.1, -0.05) is 62.4 Å². The van der Waals surface area contributed by atoms with Gasteiger partial charge in [0.15, 0.2) is 0 Å². The third-order valence-electron chi connectivity index (χ3n) is 6.28. The van der Waals surface area contributed by atoms with Gasteiger partial charge in [-0.25, -0.2) is 0 Å². The highest BCUT2D eigenvalue weighted by Gasteiger charge is 2.22. The molecule has 170 valence electrons. The third-order valence-corrected chi connectivity index (χ3v) is 6.28. The van der Waals surface area contributed by atoms with Crippen molar-refractivity contribution in [3.63, 3.8) is 0 Å². The van der Waals surface area contributed by atoms with Gasteiger partial charge in [0.25, 0.3) is 0 Å². The van der Waals surface area contributed by atoms with Gasteiger partial charge in [-0.05, 0) is 67.6 Å². The van der Waals surface area contributed by atoms with Gasteiger partial charge < -0.3 is 15.5 Å². The Balaban J connectivity index is 1.80. The number of nitriles is 1. The van der Waals surface area contributed by atoms with Crippen LogP contribution in [0.2, 0.25) is 0 Å². The van der Waals surface area contributed by atoms with E-state index >= 15 is 0 Å². The van der Waals surface area contributed by atoms with Crippen molar-refractivity contribution in [1.29, 1.82) is 5.26 Å². The van der Waals surface area contributed by atoms with Crippen LogP contribution < -0.4 is 10.6 Å². The van der Waals surface area contributed by atoms with E-state index in [0.717, 1.165) is 37.2 Å². The predicted molar refractivity (Wildman–Crippen MR) is 130 cm³/mol. The summed E-state index contributed by atoms with van der Waals surface area (Å²) in [7, 11) is 2.19. The van der Waals surface area contributed by atoms with E-state index in [1.54, 1.807) is 0 Å². The summed E-state index contributed by atoms with van der Waals surface area (Å²) in [5, 5.41) is 15.4. The lowest BCUT2D eigenvalue weighted by Crippen LogP contribution is -2.40. The fourth-order valence-corrected chi connectivity index (χ4v) is 4.46. The van der Waals surface area contributed by atoms with Gasteiger partial charge in [0, 0.05) is 12.6 Å². The van der Waals surface area contributed by atoms with Gasteiger partial charge >= 0.3 is 0 Å². The Morgan fingerprint density at radius 2 is 1.91 bits per heavy atom. The number of hydrogen-bond donors (Lipinski definition) is 2. The van der Waals surface area contributed by atoms with Gasteiger partial charge in [0.1, 0.15) is 6.54 Å². The van der Waals surface area contributed by atoms with E-state index in [2.05, 4.69) is 72.8 Å². The third kappa shape index (κ3) is 6.66. The summed E-state index contributed by atoms with van der Waals surface area (Å²) in [6.45, 7) is 7.42. The van der Waals surface area contributed by atoms with Crippen molar-refractivity contribution in [3.05, 3.63) is 59.7 Å². The molecule has 1 aliphatic rings. The molecule has 0 aliphatic carbocycles. The number of amides is 1. The summed E-state index contributed by atoms with van der Waals surface area (Å²) >= 11 is 0. The molecule has 1 aliphatic heterocycles. The summed E-state index contributed by atoms with van der Waals surface area (Å²) in [4.78, 5) is 15.2. The molecule has 0 spiro atoms. The van der Waals surface area contributed by atoms with Crippen molar-refractivity contribution in [3.8, 4) is 17.2 Å². The Kier molecular flexibility index (Phi) is 8.84. The van der Waals surface area contributed by atoms with Crippen molar-refractivity contribution in [2.24, 2.45) is 5.92 Å². The maximum absolute atomic E-state index is 12.8. The van der Waals surface area contributed by atoms with Crippen LogP contribution in [-0.4, -0.2) is 43.5 Å². The number of hydrogen-bond acceptors (Lipinski definition) is 4. The molecule has 3 rings (SSSR count). The van der Waals surface area contributed by atoms with Crippen LogP contribution in [0.1, 0.15) is 50.2 Å². The second-order valence-electron chi connectivity index (χ2n) is 9.30. The number of nitrogens with one attached hydrogen (secondary N) is 2. The number of piperidine rings is 1. The molecule has 5 heteroatoms. The van der Waals surface area contributed by atoms with E-state index in [-0.39, 0.29) is 18.4 Å². The lowest BCUT2D eigenvalue weighted by atomic mass is 9.87. The summed E-state index contributed by atoms with van der Waals surface area (Å²) in [5.41, 5.74) is 4.61. The van der Waals surface area contributed by atoms with E-state index in [0.29, 0.717) is 12.0 Å². The Morgan fingerprint density at radius 3 is 2.62 bits per heavy atom. The minimum absolute atomic E-state index is 0.0403. The van der Waals surface area contributed by atoms with E-state index in [4.69, 9.17) is 5.26 Å². The molecule has 1 atom stereocenters. The Hall–Kier alpha value is -2.68. The fraction of sp³-hybridized carbons (Fsp3) is 0.481. The summed E-state index contributed by atoms with van der Waals surface area (Å²) < 4.78 is 0. The van der Waals surface area contributed by atoms with Crippen LogP contribution in [0.15, 0.2) is 48.5 Å². The molecular weight excluding hydrogens is 396 g/mol. The Labute approximate surface area is 192 Å². The highest BCUT2D eigenvalue weighted by Crippen LogP contribution is 2.30. The first-order chi connectivity index (χ1) is 15.5. The zero-order valence-electron chi connectivity index (χ0n) is 19.6. The van der Waals surface area contributed by atoms with E-state index in [9.17, 15) is 4.79 Å². The molecule has 0 bridgehead atoms. The van der Waals surface area contributed by atoms with Crippen LogP contribution >= 0.6 is 0 Å². The number of rotatable bonds is 9. The molecule has 2 aromatic rings. The first-order valence-electron chi connectivity index (χ1n) is 11.7. The molecule has 0 radical (unpaired) electrons. The molecule has 0 unspecified atom stereocenters. The van der Waals surface area contributed by atoms with Gasteiger partial charge in [-0.2, -0.15) is 5.26 Å². The zero-order chi connectivity index (χ0) is 22.9. The maximum atomic E-state index is 12.8. The predicted octanol–water partition coefficient (Wildman–Crippen LogP) is 4.31. The first kappa shape index (κ1) is 24.0. The van der Waals surface area contributed by atoms with Crippen molar-refractivity contribution >= 4 is 5.91 Å². The minimum Gasteiger partial charge on any atom is -0.342 e. The molecule has 0 saturated carbocycles.